The summed E-state index contributed by atoms with van der Waals surface area (Å²) in [4.78, 5) is 9.81. The van der Waals surface area contributed by atoms with Crippen LogP contribution in [-0.4, -0.2) is 51.3 Å². The van der Waals surface area contributed by atoms with Crippen molar-refractivity contribution in [2.75, 3.05) is 0 Å². The van der Waals surface area contributed by atoms with Crippen molar-refractivity contribution in [1.29, 1.82) is 0 Å². The van der Waals surface area contributed by atoms with Gasteiger partial charge in [0.2, 0.25) is 0 Å². The molecule has 0 bridgehead atoms. The van der Waals surface area contributed by atoms with E-state index < -0.39 is 23.2 Å². The Morgan fingerprint density at radius 1 is 0.478 bits per heavy atom. The number of rotatable bonds is 10. The van der Waals surface area contributed by atoms with Crippen LogP contribution in [0.1, 0.15) is 94.2 Å². The molecule has 0 aliphatic heterocycles. The molecular formula is C56H54F6N2OSe2. The van der Waals surface area contributed by atoms with Crippen LogP contribution in [0.25, 0.3) is 61.8 Å². The van der Waals surface area contributed by atoms with E-state index >= 15 is 0 Å². The van der Waals surface area contributed by atoms with Crippen molar-refractivity contribution in [3.05, 3.63) is 144 Å². The molecule has 0 aliphatic carbocycles. The van der Waals surface area contributed by atoms with Crippen LogP contribution in [0.3, 0.4) is 0 Å². The van der Waals surface area contributed by atoms with Crippen LogP contribution in [0.4, 0.5) is 26.3 Å². The maximum atomic E-state index is 13.7. The van der Waals surface area contributed by atoms with Gasteiger partial charge < -0.3 is 0 Å². The summed E-state index contributed by atoms with van der Waals surface area (Å²) in [6.07, 6.45) is -5.52. The number of aromatic nitrogens is 2. The maximum absolute atomic E-state index is 13.7. The van der Waals surface area contributed by atoms with E-state index in [-0.39, 0.29) is 52.7 Å². The fourth-order valence-corrected chi connectivity index (χ4v) is 12.5. The van der Waals surface area contributed by atoms with Crippen molar-refractivity contribution in [3.63, 3.8) is 0 Å². The van der Waals surface area contributed by atoms with Crippen LogP contribution in [0.5, 0.6) is 11.5 Å². The standard InChI is InChI=1S/C56H54F6N2OSe2/c1-51(2,3)41-23-39(47-49-37(19-21-63-47)27-45(66-49)35-15-11-33(12-16-35)31-53(7,8)55(57,58)59)25-43(29-41)65-44-26-40(24-42(30-44)52(4,5)6)48-50-38(20-22-64-48)28-46(67-50)36-17-13-34(14-18-36)32-54(9,10)56(60,61)62/h11-30H,31-32H2,1-10H3/i27D,28D. The minimum atomic E-state index is -4.33. The average Bonchev–Trinajstić information content (AvgIpc) is 3.78. The van der Waals surface area contributed by atoms with Crippen molar-refractivity contribution < 1.29 is 33.8 Å². The van der Waals surface area contributed by atoms with E-state index in [9.17, 15) is 29.1 Å². The Hall–Kier alpha value is -4.92. The molecule has 348 valence electrons. The second-order valence-electron chi connectivity index (χ2n) is 20.8. The van der Waals surface area contributed by atoms with Gasteiger partial charge in [0.1, 0.15) is 0 Å². The third-order valence-corrected chi connectivity index (χ3v) is 17.2. The van der Waals surface area contributed by atoms with Crippen LogP contribution >= 0.6 is 0 Å². The van der Waals surface area contributed by atoms with E-state index in [1.165, 1.54) is 27.7 Å². The van der Waals surface area contributed by atoms with E-state index in [0.29, 0.717) is 34.7 Å². The van der Waals surface area contributed by atoms with Crippen LogP contribution in [0.2, 0.25) is 0 Å². The zero-order valence-corrected chi connectivity index (χ0v) is 42.6. The van der Waals surface area contributed by atoms with Gasteiger partial charge in [-0.15, -0.1) is 0 Å². The molecule has 0 radical (unpaired) electrons. The van der Waals surface area contributed by atoms with Crippen LogP contribution in [-0.2, 0) is 23.7 Å². The zero-order chi connectivity index (χ0) is 50.2. The molecule has 0 fully saturated rings. The Bertz CT molecular complexity index is 2990. The molecule has 0 unspecified atom stereocenters. The van der Waals surface area contributed by atoms with Gasteiger partial charge in [0.25, 0.3) is 0 Å². The molecule has 4 heterocycles. The molecule has 0 atom stereocenters. The first-order valence-corrected chi connectivity index (χ1v) is 25.5. The first kappa shape index (κ1) is 45.8. The first-order valence-electron chi connectivity index (χ1n) is 23.1. The number of nitrogens with zero attached hydrogens (tertiary/aromatic N) is 2. The van der Waals surface area contributed by atoms with Gasteiger partial charge >= 0.3 is 406 Å². The Balaban J connectivity index is 1.16. The monoisotopic (exact) mass is 1050 g/mol. The summed E-state index contributed by atoms with van der Waals surface area (Å²) < 4.78 is 111. The first-order chi connectivity index (χ1) is 32.0. The van der Waals surface area contributed by atoms with Crippen LogP contribution < -0.4 is 4.74 Å². The summed E-state index contributed by atoms with van der Waals surface area (Å²) in [5.74, 6) is 1.21. The third-order valence-electron chi connectivity index (χ3n) is 12.3. The molecule has 0 saturated heterocycles. The van der Waals surface area contributed by atoms with Gasteiger partial charge in [0, 0.05) is 0 Å². The Morgan fingerprint density at radius 3 is 1.16 bits per heavy atom. The van der Waals surface area contributed by atoms with Crippen molar-refractivity contribution in [1.82, 2.24) is 9.97 Å². The Morgan fingerprint density at radius 2 is 0.836 bits per heavy atom. The number of ether oxygens (including phenoxy) is 1. The molecule has 11 heteroatoms. The molecule has 0 amide bonds. The predicted octanol–water partition coefficient (Wildman–Crippen LogP) is 16.2. The Kier molecular flexibility index (Phi) is 12.0. The minimum absolute atomic E-state index is 0.145. The van der Waals surface area contributed by atoms with E-state index in [4.69, 9.17) is 14.7 Å². The zero-order valence-electron chi connectivity index (χ0n) is 41.2. The van der Waals surface area contributed by atoms with E-state index in [2.05, 4.69) is 53.7 Å². The molecule has 0 saturated carbocycles. The summed E-state index contributed by atoms with van der Waals surface area (Å²) >= 11 is -0.653. The van der Waals surface area contributed by atoms with Crippen LogP contribution in [0, 0.1) is 10.8 Å². The molecule has 0 N–H and O–H groups in total. The second kappa shape index (κ2) is 17.6. The normalized spacial score (nSPS) is 13.6. The Labute approximate surface area is 404 Å². The number of hydrogen-bond donors (Lipinski definition) is 0. The van der Waals surface area contributed by atoms with E-state index in [1.807, 2.05) is 60.7 Å². The topological polar surface area (TPSA) is 35.0 Å². The van der Waals surface area contributed by atoms with Gasteiger partial charge in [-0.05, 0) is 0 Å². The van der Waals surface area contributed by atoms with Gasteiger partial charge in [-0.3, -0.25) is 0 Å². The molecule has 3 nitrogen and oxygen atoms in total. The average molecular weight is 1040 g/mol. The predicted molar refractivity (Wildman–Crippen MR) is 264 cm³/mol. The summed E-state index contributed by atoms with van der Waals surface area (Å²) in [5.41, 5.74) is 3.70. The molecule has 0 aliphatic rings. The van der Waals surface area contributed by atoms with Crippen molar-refractivity contribution >= 4 is 48.3 Å². The van der Waals surface area contributed by atoms with Gasteiger partial charge in [-0.25, -0.2) is 0 Å². The number of alkyl halides is 6. The van der Waals surface area contributed by atoms with Gasteiger partial charge in [0.15, 0.2) is 0 Å². The van der Waals surface area contributed by atoms with Gasteiger partial charge in [-0.1, -0.05) is 0 Å². The van der Waals surface area contributed by atoms with Crippen molar-refractivity contribution in [2.45, 2.75) is 105 Å². The van der Waals surface area contributed by atoms with E-state index in [1.54, 1.807) is 36.7 Å². The van der Waals surface area contributed by atoms with Gasteiger partial charge in [0.05, 0.1) is 0 Å². The summed E-state index contributed by atoms with van der Waals surface area (Å²) in [5, 5.41) is 1.56. The molecule has 8 aromatic rings. The van der Waals surface area contributed by atoms with Crippen LogP contribution in [0.15, 0.2) is 122 Å². The summed E-state index contributed by atoms with van der Waals surface area (Å²) in [6, 6.07) is 31.0. The summed E-state index contributed by atoms with van der Waals surface area (Å²) in [6.45, 7) is 17.7. The van der Waals surface area contributed by atoms with Crippen molar-refractivity contribution in [2.24, 2.45) is 10.8 Å². The number of benzene rings is 4. The fourth-order valence-electron chi connectivity index (χ4n) is 7.83. The molecule has 0 spiro atoms. The molecule has 8 rings (SSSR count). The molecule has 67 heavy (non-hydrogen) atoms. The fraction of sp³-hybridized carbons (Fsp3) is 0.321. The molecule has 4 aromatic heterocycles. The number of hydrogen-bond acceptors (Lipinski definition) is 3. The second-order valence-corrected chi connectivity index (χ2v) is 25.1. The van der Waals surface area contributed by atoms with Crippen molar-refractivity contribution in [3.8, 4) is 54.0 Å². The third kappa shape index (κ3) is 10.4. The number of pyridine rings is 2. The number of fused-ring (bicyclic) bond motifs is 2. The van der Waals surface area contributed by atoms with E-state index in [0.717, 1.165) is 72.9 Å². The molecular weight excluding hydrogens is 989 g/mol. The number of halogens is 6. The quantitative estimate of drug-likeness (QED) is 0.101. The summed E-state index contributed by atoms with van der Waals surface area (Å²) in [7, 11) is 0. The van der Waals surface area contributed by atoms with Gasteiger partial charge in [-0.2, -0.15) is 0 Å². The molecule has 4 aromatic carbocycles. The SMILES string of the molecule is [2H]c1c(-c2ccc(CC(C)(C)C(F)(F)F)cc2)[se]c2c(-c3cc(Oc4cc(-c5nccc6c([2H])c(-c7ccc(CC(C)(C)C(F)(F)F)cc7)[se]c56)cc(C(C)(C)C)c4)cc(C(C)(C)C)c3)nccc12.